The number of ether oxygens (including phenoxy) is 1. The summed E-state index contributed by atoms with van der Waals surface area (Å²) in [6.45, 7) is 0. The first-order valence-electron chi connectivity index (χ1n) is 5.36. The molecule has 0 radical (unpaired) electrons. The number of nitrogens with one attached hydrogen (secondary N) is 1. The van der Waals surface area contributed by atoms with Crippen molar-refractivity contribution >= 4 is 23.2 Å². The van der Waals surface area contributed by atoms with E-state index in [-0.39, 0.29) is 5.97 Å². The highest BCUT2D eigenvalue weighted by atomic mass is 16.5. The Morgan fingerprint density at radius 2 is 2.11 bits per heavy atom. The molecule has 0 spiro atoms. The molecule has 0 saturated carbocycles. The molecule has 2 aromatic rings. The van der Waals surface area contributed by atoms with Gasteiger partial charge >= 0.3 is 5.97 Å². The number of carbonyl (C=O) groups is 1. The fraction of sp³-hybridized carbons (Fsp3) is 0.0769. The minimum atomic E-state index is -0.367. The lowest BCUT2D eigenvalue weighted by atomic mass is 10.2. The standard InChI is InChI=1S/C13H13N3O2/c1-18-13(17)9-3-2-4-10(7-9)16-11-5-6-12(14)15-8-11/h2-8,16H,1H3,(H2,14,15). The largest absolute Gasteiger partial charge is 0.465 e. The maximum absolute atomic E-state index is 11.4. The van der Waals surface area contributed by atoms with Crippen LogP contribution in [0.3, 0.4) is 0 Å². The Balaban J connectivity index is 2.19. The Morgan fingerprint density at radius 3 is 2.78 bits per heavy atom. The number of rotatable bonds is 3. The fourth-order valence-electron chi connectivity index (χ4n) is 1.49. The lowest BCUT2D eigenvalue weighted by Gasteiger charge is -2.07. The van der Waals surface area contributed by atoms with Crippen molar-refractivity contribution < 1.29 is 9.53 Å². The van der Waals surface area contributed by atoms with Crippen LogP contribution in [0.15, 0.2) is 42.6 Å². The average molecular weight is 243 g/mol. The van der Waals surface area contributed by atoms with Gasteiger partial charge in [-0.3, -0.25) is 0 Å². The molecule has 0 fully saturated rings. The number of benzene rings is 1. The molecule has 1 aromatic heterocycles. The van der Waals surface area contributed by atoms with Crippen LogP contribution in [0, 0.1) is 0 Å². The summed E-state index contributed by atoms with van der Waals surface area (Å²) in [5, 5.41) is 3.12. The zero-order valence-electron chi connectivity index (χ0n) is 9.88. The molecule has 92 valence electrons. The smallest absolute Gasteiger partial charge is 0.337 e. The van der Waals surface area contributed by atoms with E-state index in [1.54, 1.807) is 30.5 Å². The maximum Gasteiger partial charge on any atom is 0.337 e. The van der Waals surface area contributed by atoms with Crippen LogP contribution in [0.5, 0.6) is 0 Å². The van der Waals surface area contributed by atoms with Crippen LogP contribution in [0.4, 0.5) is 17.2 Å². The second kappa shape index (κ2) is 5.18. The van der Waals surface area contributed by atoms with Gasteiger partial charge in [-0.1, -0.05) is 6.07 Å². The van der Waals surface area contributed by atoms with Crippen LogP contribution in [-0.4, -0.2) is 18.1 Å². The molecule has 0 atom stereocenters. The molecule has 0 aliphatic heterocycles. The van der Waals surface area contributed by atoms with E-state index in [1.165, 1.54) is 7.11 Å². The Bertz CT molecular complexity index is 552. The topological polar surface area (TPSA) is 77.2 Å². The number of aromatic nitrogens is 1. The molecule has 1 heterocycles. The molecule has 0 aliphatic rings. The van der Waals surface area contributed by atoms with Gasteiger partial charge in [0.1, 0.15) is 5.82 Å². The van der Waals surface area contributed by atoms with E-state index in [0.717, 1.165) is 11.4 Å². The van der Waals surface area contributed by atoms with Crippen LogP contribution in [-0.2, 0) is 4.74 Å². The van der Waals surface area contributed by atoms with Gasteiger partial charge in [-0.2, -0.15) is 0 Å². The first-order valence-corrected chi connectivity index (χ1v) is 5.36. The van der Waals surface area contributed by atoms with Crippen LogP contribution < -0.4 is 11.1 Å². The normalized spacial score (nSPS) is 9.83. The Morgan fingerprint density at radius 1 is 1.28 bits per heavy atom. The van der Waals surface area contributed by atoms with Gasteiger partial charge in [0.25, 0.3) is 0 Å². The van der Waals surface area contributed by atoms with Crippen LogP contribution in [0.25, 0.3) is 0 Å². The first kappa shape index (κ1) is 11.9. The molecule has 5 nitrogen and oxygen atoms in total. The van der Waals surface area contributed by atoms with Gasteiger partial charge in [-0.25, -0.2) is 9.78 Å². The third-order valence-corrected chi connectivity index (χ3v) is 2.36. The third kappa shape index (κ3) is 2.76. The number of nitrogens with two attached hydrogens (primary N) is 1. The summed E-state index contributed by atoms with van der Waals surface area (Å²) in [6, 6.07) is 10.5. The molecule has 18 heavy (non-hydrogen) atoms. The van der Waals surface area contributed by atoms with E-state index in [2.05, 4.69) is 15.0 Å². The van der Waals surface area contributed by atoms with E-state index in [0.29, 0.717) is 11.4 Å². The number of esters is 1. The number of nitrogen functional groups attached to an aromatic ring is 1. The summed E-state index contributed by atoms with van der Waals surface area (Å²) >= 11 is 0. The van der Waals surface area contributed by atoms with Gasteiger partial charge in [0.05, 0.1) is 24.6 Å². The van der Waals surface area contributed by atoms with Crippen molar-refractivity contribution in [1.29, 1.82) is 0 Å². The summed E-state index contributed by atoms with van der Waals surface area (Å²) in [4.78, 5) is 15.4. The van der Waals surface area contributed by atoms with Crippen molar-refractivity contribution in [2.75, 3.05) is 18.2 Å². The lowest BCUT2D eigenvalue weighted by molar-refractivity contribution is 0.0601. The highest BCUT2D eigenvalue weighted by molar-refractivity contribution is 5.90. The predicted molar refractivity (Wildman–Crippen MR) is 69.7 cm³/mol. The molecule has 2 rings (SSSR count). The molecule has 0 saturated heterocycles. The zero-order valence-corrected chi connectivity index (χ0v) is 9.88. The Kier molecular flexibility index (Phi) is 3.43. The minimum absolute atomic E-state index is 0.367. The first-order chi connectivity index (χ1) is 8.69. The van der Waals surface area contributed by atoms with Crippen molar-refractivity contribution in [3.63, 3.8) is 0 Å². The molecular formula is C13H13N3O2. The van der Waals surface area contributed by atoms with Gasteiger partial charge in [0, 0.05) is 5.69 Å². The van der Waals surface area contributed by atoms with Gasteiger partial charge < -0.3 is 15.8 Å². The van der Waals surface area contributed by atoms with Gasteiger partial charge in [0.15, 0.2) is 0 Å². The monoisotopic (exact) mass is 243 g/mol. The number of hydrogen-bond acceptors (Lipinski definition) is 5. The van der Waals surface area contributed by atoms with E-state index in [9.17, 15) is 4.79 Å². The summed E-state index contributed by atoms with van der Waals surface area (Å²) in [5.41, 5.74) is 7.57. The third-order valence-electron chi connectivity index (χ3n) is 2.36. The number of nitrogens with zero attached hydrogens (tertiary/aromatic N) is 1. The highest BCUT2D eigenvalue weighted by Crippen LogP contribution is 2.17. The lowest BCUT2D eigenvalue weighted by Crippen LogP contribution is -2.01. The van der Waals surface area contributed by atoms with E-state index < -0.39 is 0 Å². The summed E-state index contributed by atoms with van der Waals surface area (Å²) in [5.74, 6) is 0.0953. The predicted octanol–water partition coefficient (Wildman–Crippen LogP) is 2.19. The van der Waals surface area contributed by atoms with E-state index in [1.807, 2.05) is 12.1 Å². The summed E-state index contributed by atoms with van der Waals surface area (Å²) in [7, 11) is 1.35. The molecular weight excluding hydrogens is 230 g/mol. The fourth-order valence-corrected chi connectivity index (χ4v) is 1.49. The molecule has 5 heteroatoms. The molecule has 0 unspecified atom stereocenters. The zero-order chi connectivity index (χ0) is 13.0. The van der Waals surface area contributed by atoms with Crippen LogP contribution >= 0.6 is 0 Å². The molecule has 1 aromatic carbocycles. The average Bonchev–Trinajstić information content (AvgIpc) is 2.41. The number of anilines is 3. The van der Waals surface area contributed by atoms with Gasteiger partial charge in [-0.05, 0) is 30.3 Å². The SMILES string of the molecule is COC(=O)c1cccc(Nc2ccc(N)nc2)c1. The van der Waals surface area contributed by atoms with Crippen LogP contribution in [0.2, 0.25) is 0 Å². The van der Waals surface area contributed by atoms with E-state index >= 15 is 0 Å². The Hall–Kier alpha value is -2.56. The number of methoxy groups -OCH3 is 1. The summed E-state index contributed by atoms with van der Waals surface area (Å²) < 4.78 is 4.66. The number of carbonyl (C=O) groups excluding carboxylic acids is 1. The number of pyridine rings is 1. The quantitative estimate of drug-likeness (QED) is 0.808. The molecule has 0 aliphatic carbocycles. The number of hydrogen-bond donors (Lipinski definition) is 2. The molecule has 0 amide bonds. The van der Waals surface area contributed by atoms with Crippen molar-refractivity contribution in [1.82, 2.24) is 4.98 Å². The van der Waals surface area contributed by atoms with Crippen molar-refractivity contribution in [2.24, 2.45) is 0 Å². The second-order valence-electron chi connectivity index (χ2n) is 3.67. The minimum Gasteiger partial charge on any atom is -0.465 e. The maximum atomic E-state index is 11.4. The van der Waals surface area contributed by atoms with Crippen molar-refractivity contribution in [2.45, 2.75) is 0 Å². The van der Waals surface area contributed by atoms with Crippen molar-refractivity contribution in [3.8, 4) is 0 Å². The van der Waals surface area contributed by atoms with Gasteiger partial charge in [0.2, 0.25) is 0 Å². The van der Waals surface area contributed by atoms with Crippen molar-refractivity contribution in [3.05, 3.63) is 48.2 Å². The summed E-state index contributed by atoms with van der Waals surface area (Å²) in [6.07, 6.45) is 1.63. The molecule has 3 N–H and O–H groups in total. The van der Waals surface area contributed by atoms with E-state index in [4.69, 9.17) is 5.73 Å². The molecule has 0 bridgehead atoms. The van der Waals surface area contributed by atoms with Crippen LogP contribution in [0.1, 0.15) is 10.4 Å². The highest BCUT2D eigenvalue weighted by Gasteiger charge is 2.05. The second-order valence-corrected chi connectivity index (χ2v) is 3.67. The van der Waals surface area contributed by atoms with Gasteiger partial charge in [-0.15, -0.1) is 0 Å². The Labute approximate surface area is 105 Å².